The molecule has 0 aliphatic heterocycles. The van der Waals surface area contributed by atoms with Gasteiger partial charge in [0.25, 0.3) is 0 Å². The average Bonchev–Trinajstić information content (AvgIpc) is 2.59. The van der Waals surface area contributed by atoms with E-state index in [1.165, 1.54) is 24.8 Å². The van der Waals surface area contributed by atoms with Crippen molar-refractivity contribution in [3.8, 4) is 0 Å². The quantitative estimate of drug-likeness (QED) is 0.510. The molecule has 0 N–H and O–H groups in total. The third kappa shape index (κ3) is 1.86. The molecule has 0 saturated carbocycles. The summed E-state index contributed by atoms with van der Waals surface area (Å²) in [6, 6.07) is 4.55. The van der Waals surface area contributed by atoms with Crippen molar-refractivity contribution in [3.63, 3.8) is 0 Å². The number of hydrogen-bond donors (Lipinski definition) is 0. The van der Waals surface area contributed by atoms with E-state index in [1.807, 2.05) is 11.3 Å². The van der Waals surface area contributed by atoms with E-state index in [-0.39, 0.29) is 0 Å². The first-order valence-electron chi connectivity index (χ1n) is 4.50. The molecular weight excluding hydrogens is 371 g/mol. The zero-order valence-corrected chi connectivity index (χ0v) is 12.4. The van der Waals surface area contributed by atoms with E-state index in [2.05, 4.69) is 63.0 Å². The maximum Gasteiger partial charge on any atom is 0.0386 e. The van der Waals surface area contributed by atoms with Gasteiger partial charge in [0.05, 0.1) is 0 Å². The fraction of sp³-hybridized carbons (Fsp3) is 0.273. The van der Waals surface area contributed by atoms with Crippen LogP contribution in [-0.2, 0) is 11.8 Å². The topological polar surface area (TPSA) is 0 Å². The molecule has 0 amide bonds. The van der Waals surface area contributed by atoms with E-state index in [0.717, 1.165) is 11.8 Å². The lowest BCUT2D eigenvalue weighted by molar-refractivity contribution is 1.17. The van der Waals surface area contributed by atoms with Gasteiger partial charge in [0.2, 0.25) is 0 Å². The van der Waals surface area contributed by atoms with E-state index in [0.29, 0.717) is 0 Å². The van der Waals surface area contributed by atoms with Crippen LogP contribution in [-0.4, -0.2) is 0 Å². The van der Waals surface area contributed by atoms with Crippen LogP contribution in [0.5, 0.6) is 0 Å². The Morgan fingerprint density at radius 3 is 2.79 bits per heavy atom. The highest BCUT2D eigenvalue weighted by Crippen LogP contribution is 2.32. The van der Waals surface area contributed by atoms with Crippen LogP contribution in [0.25, 0.3) is 10.1 Å². The van der Waals surface area contributed by atoms with Gasteiger partial charge in [-0.3, -0.25) is 0 Å². The Bertz CT molecular complexity index is 462. The predicted octanol–water partition coefficient (Wildman–Crippen LogP) is 4.96. The van der Waals surface area contributed by atoms with Gasteiger partial charge in [0.15, 0.2) is 0 Å². The molecule has 0 saturated heterocycles. The van der Waals surface area contributed by atoms with E-state index in [9.17, 15) is 0 Å². The van der Waals surface area contributed by atoms with Gasteiger partial charge in [-0.2, -0.15) is 0 Å². The number of hydrogen-bond acceptors (Lipinski definition) is 1. The Labute approximate surface area is 110 Å². The summed E-state index contributed by atoms with van der Waals surface area (Å²) in [4.78, 5) is 0. The third-order valence-corrected chi connectivity index (χ3v) is 4.67. The summed E-state index contributed by atoms with van der Waals surface area (Å²) in [5, 5.41) is 4.68. The Balaban J connectivity index is 2.76. The van der Waals surface area contributed by atoms with Crippen LogP contribution in [0.1, 0.15) is 18.1 Å². The molecule has 74 valence electrons. The number of benzene rings is 1. The minimum Gasteiger partial charge on any atom is -0.143 e. The number of alkyl halides is 1. The SMILES string of the molecule is CCc1csc2c(CBr)cc(I)cc12. The third-order valence-electron chi connectivity index (χ3n) is 2.32. The molecule has 2 rings (SSSR count). The van der Waals surface area contributed by atoms with Crippen LogP contribution < -0.4 is 0 Å². The van der Waals surface area contributed by atoms with Gasteiger partial charge in [-0.1, -0.05) is 22.9 Å². The van der Waals surface area contributed by atoms with Crippen molar-refractivity contribution in [3.05, 3.63) is 32.2 Å². The summed E-state index contributed by atoms with van der Waals surface area (Å²) in [5.41, 5.74) is 2.89. The first-order valence-corrected chi connectivity index (χ1v) is 7.58. The molecule has 0 spiro atoms. The molecule has 0 aliphatic carbocycles. The summed E-state index contributed by atoms with van der Waals surface area (Å²) in [5.74, 6) is 0. The Hall–Kier alpha value is 0.390. The summed E-state index contributed by atoms with van der Waals surface area (Å²) < 4.78 is 2.77. The highest BCUT2D eigenvalue weighted by molar-refractivity contribution is 14.1. The van der Waals surface area contributed by atoms with E-state index >= 15 is 0 Å². The molecule has 0 unspecified atom stereocenters. The Morgan fingerprint density at radius 2 is 2.14 bits per heavy atom. The number of thiophene rings is 1. The molecule has 0 fully saturated rings. The van der Waals surface area contributed by atoms with Gasteiger partial charge in [0, 0.05) is 13.6 Å². The van der Waals surface area contributed by atoms with Crippen molar-refractivity contribution >= 4 is 59.9 Å². The molecule has 1 heterocycles. The first-order chi connectivity index (χ1) is 6.76. The molecule has 0 nitrogen and oxygen atoms in total. The van der Waals surface area contributed by atoms with Crippen LogP contribution in [0, 0.1) is 3.57 Å². The average molecular weight is 381 g/mol. The van der Waals surface area contributed by atoms with Gasteiger partial charge in [-0.05, 0) is 63.0 Å². The Kier molecular flexibility index (Phi) is 3.50. The molecule has 0 aliphatic rings. The molecule has 0 radical (unpaired) electrons. The van der Waals surface area contributed by atoms with Crippen molar-refractivity contribution in [1.82, 2.24) is 0 Å². The molecular formula is C11H10BrIS. The minimum atomic E-state index is 0.948. The van der Waals surface area contributed by atoms with Crippen molar-refractivity contribution in [2.45, 2.75) is 18.7 Å². The zero-order valence-electron chi connectivity index (χ0n) is 7.81. The monoisotopic (exact) mass is 380 g/mol. The van der Waals surface area contributed by atoms with Crippen LogP contribution in [0.15, 0.2) is 17.5 Å². The van der Waals surface area contributed by atoms with Crippen molar-refractivity contribution in [1.29, 1.82) is 0 Å². The van der Waals surface area contributed by atoms with Crippen LogP contribution >= 0.6 is 49.9 Å². The lowest BCUT2D eigenvalue weighted by atomic mass is 10.1. The molecule has 0 bridgehead atoms. The van der Waals surface area contributed by atoms with Gasteiger partial charge < -0.3 is 0 Å². The van der Waals surface area contributed by atoms with Crippen molar-refractivity contribution < 1.29 is 0 Å². The van der Waals surface area contributed by atoms with Gasteiger partial charge >= 0.3 is 0 Å². The maximum atomic E-state index is 3.55. The molecule has 2 aromatic rings. The number of rotatable bonds is 2. The zero-order chi connectivity index (χ0) is 10.1. The number of halogens is 2. The molecule has 1 aromatic heterocycles. The van der Waals surface area contributed by atoms with Gasteiger partial charge in [-0.15, -0.1) is 11.3 Å². The second-order valence-corrected chi connectivity index (χ2v) is 5.88. The largest absolute Gasteiger partial charge is 0.143 e. The normalized spacial score (nSPS) is 11.1. The summed E-state index contributed by atoms with van der Waals surface area (Å²) in [7, 11) is 0. The molecule has 3 heteroatoms. The second-order valence-electron chi connectivity index (χ2n) is 3.19. The summed E-state index contributed by atoms with van der Waals surface area (Å²) in [6.07, 6.45) is 1.13. The smallest absolute Gasteiger partial charge is 0.0386 e. The number of aryl methyl sites for hydroxylation is 1. The lowest BCUT2D eigenvalue weighted by Crippen LogP contribution is -1.82. The van der Waals surface area contributed by atoms with Crippen LogP contribution in [0.4, 0.5) is 0 Å². The molecule has 14 heavy (non-hydrogen) atoms. The molecule has 1 aromatic carbocycles. The van der Waals surface area contributed by atoms with Crippen LogP contribution in [0.3, 0.4) is 0 Å². The van der Waals surface area contributed by atoms with Crippen molar-refractivity contribution in [2.75, 3.05) is 0 Å². The minimum absolute atomic E-state index is 0.948. The van der Waals surface area contributed by atoms with E-state index in [1.54, 1.807) is 0 Å². The van der Waals surface area contributed by atoms with Gasteiger partial charge in [0.1, 0.15) is 0 Å². The number of fused-ring (bicyclic) bond motifs is 1. The highest BCUT2D eigenvalue weighted by Gasteiger charge is 2.07. The fourth-order valence-electron chi connectivity index (χ4n) is 1.59. The standard InChI is InChI=1S/C11H10BrIS/c1-2-7-6-14-11-8(5-12)3-9(13)4-10(7)11/h3-4,6H,2,5H2,1H3. The predicted molar refractivity (Wildman–Crippen MR) is 76.6 cm³/mol. The fourth-order valence-corrected chi connectivity index (χ4v) is 4.06. The van der Waals surface area contributed by atoms with Crippen LogP contribution in [0.2, 0.25) is 0 Å². The maximum absolute atomic E-state index is 3.55. The highest BCUT2D eigenvalue weighted by atomic mass is 127. The van der Waals surface area contributed by atoms with E-state index in [4.69, 9.17) is 0 Å². The molecule has 0 atom stereocenters. The second kappa shape index (κ2) is 4.49. The Morgan fingerprint density at radius 1 is 1.36 bits per heavy atom. The van der Waals surface area contributed by atoms with Gasteiger partial charge in [-0.25, -0.2) is 0 Å². The summed E-state index contributed by atoms with van der Waals surface area (Å²) >= 11 is 7.80. The summed E-state index contributed by atoms with van der Waals surface area (Å²) in [6.45, 7) is 2.22. The first kappa shape index (κ1) is 10.9. The van der Waals surface area contributed by atoms with E-state index < -0.39 is 0 Å². The lowest BCUT2D eigenvalue weighted by Gasteiger charge is -2.01. The van der Waals surface area contributed by atoms with Crippen molar-refractivity contribution in [2.24, 2.45) is 0 Å².